The van der Waals surface area contributed by atoms with E-state index >= 15 is 0 Å². The fraction of sp³-hybridized carbons (Fsp3) is 0.538. The Morgan fingerprint density at radius 1 is 1.20 bits per heavy atom. The van der Waals surface area contributed by atoms with Crippen LogP contribution >= 0.6 is 11.6 Å². The second kappa shape index (κ2) is 6.86. The first-order valence-corrected chi connectivity index (χ1v) is 6.13. The molecule has 0 amide bonds. The van der Waals surface area contributed by atoms with Crippen LogP contribution in [0.3, 0.4) is 0 Å². The van der Waals surface area contributed by atoms with E-state index in [4.69, 9.17) is 11.6 Å². The lowest BCUT2D eigenvalue weighted by Gasteiger charge is -2.10. The summed E-state index contributed by atoms with van der Waals surface area (Å²) in [5.41, 5.74) is 2.78. The Morgan fingerprint density at radius 2 is 2.00 bits per heavy atom. The standard InChI is InChI=1S/C13H20ClN/c1-3-5-6-11-9-13(14)8-7-12(11)10-15-4-2/h7-9,15H,3-6,10H2,1-2H3. The van der Waals surface area contributed by atoms with Crippen LogP contribution in [-0.4, -0.2) is 6.54 Å². The monoisotopic (exact) mass is 225 g/mol. The maximum absolute atomic E-state index is 6.01. The Morgan fingerprint density at radius 3 is 2.67 bits per heavy atom. The van der Waals surface area contributed by atoms with E-state index in [-0.39, 0.29) is 0 Å². The first-order chi connectivity index (χ1) is 7.27. The van der Waals surface area contributed by atoms with Gasteiger partial charge in [0.15, 0.2) is 0 Å². The molecule has 1 rings (SSSR count). The van der Waals surface area contributed by atoms with E-state index in [9.17, 15) is 0 Å². The zero-order valence-electron chi connectivity index (χ0n) is 9.65. The topological polar surface area (TPSA) is 12.0 Å². The molecule has 1 nitrogen and oxygen atoms in total. The summed E-state index contributed by atoms with van der Waals surface area (Å²) in [5, 5.41) is 4.21. The average molecular weight is 226 g/mol. The van der Waals surface area contributed by atoms with Crippen molar-refractivity contribution < 1.29 is 0 Å². The molecule has 0 saturated heterocycles. The second-order valence-electron chi connectivity index (χ2n) is 3.80. The number of halogens is 1. The van der Waals surface area contributed by atoms with Crippen LogP contribution in [-0.2, 0) is 13.0 Å². The van der Waals surface area contributed by atoms with Crippen LogP contribution in [0.25, 0.3) is 0 Å². The fourth-order valence-electron chi connectivity index (χ4n) is 1.63. The molecule has 0 unspecified atom stereocenters. The van der Waals surface area contributed by atoms with E-state index < -0.39 is 0 Å². The van der Waals surface area contributed by atoms with E-state index in [1.807, 2.05) is 6.07 Å². The van der Waals surface area contributed by atoms with E-state index in [1.54, 1.807) is 0 Å². The van der Waals surface area contributed by atoms with Crippen molar-refractivity contribution in [1.29, 1.82) is 0 Å². The van der Waals surface area contributed by atoms with Crippen LogP contribution in [0.4, 0.5) is 0 Å². The van der Waals surface area contributed by atoms with E-state index in [0.29, 0.717) is 0 Å². The third-order valence-electron chi connectivity index (χ3n) is 2.53. The summed E-state index contributed by atoms with van der Waals surface area (Å²) in [4.78, 5) is 0. The Labute approximate surface area is 97.8 Å². The zero-order chi connectivity index (χ0) is 11.1. The molecule has 1 N–H and O–H groups in total. The average Bonchev–Trinajstić information content (AvgIpc) is 2.25. The minimum Gasteiger partial charge on any atom is -0.313 e. The minimum atomic E-state index is 0.848. The summed E-state index contributed by atoms with van der Waals surface area (Å²) in [7, 11) is 0. The molecule has 2 heteroatoms. The van der Waals surface area contributed by atoms with Gasteiger partial charge in [-0.25, -0.2) is 0 Å². The van der Waals surface area contributed by atoms with Crippen molar-refractivity contribution >= 4 is 11.6 Å². The Hall–Kier alpha value is -0.530. The molecule has 1 aromatic carbocycles. The molecular weight excluding hydrogens is 206 g/mol. The van der Waals surface area contributed by atoms with Crippen molar-refractivity contribution in [2.75, 3.05) is 6.54 Å². The van der Waals surface area contributed by atoms with Gasteiger partial charge in [-0.3, -0.25) is 0 Å². The highest BCUT2D eigenvalue weighted by molar-refractivity contribution is 6.30. The molecule has 0 aliphatic rings. The highest BCUT2D eigenvalue weighted by atomic mass is 35.5. The Kier molecular flexibility index (Phi) is 5.74. The predicted molar refractivity (Wildman–Crippen MR) is 67.4 cm³/mol. The molecule has 0 radical (unpaired) electrons. The van der Waals surface area contributed by atoms with Crippen molar-refractivity contribution in [1.82, 2.24) is 5.32 Å². The maximum Gasteiger partial charge on any atom is 0.0408 e. The maximum atomic E-state index is 6.01. The van der Waals surface area contributed by atoms with Gasteiger partial charge in [0.1, 0.15) is 0 Å². The molecule has 0 spiro atoms. The van der Waals surface area contributed by atoms with E-state index in [2.05, 4.69) is 31.3 Å². The van der Waals surface area contributed by atoms with Crippen molar-refractivity contribution in [3.8, 4) is 0 Å². The normalized spacial score (nSPS) is 10.6. The van der Waals surface area contributed by atoms with Gasteiger partial charge in [-0.15, -0.1) is 0 Å². The zero-order valence-corrected chi connectivity index (χ0v) is 10.4. The molecule has 0 fully saturated rings. The highest BCUT2D eigenvalue weighted by Gasteiger charge is 2.02. The van der Waals surface area contributed by atoms with Gasteiger partial charge in [0.05, 0.1) is 0 Å². The number of benzene rings is 1. The van der Waals surface area contributed by atoms with Gasteiger partial charge < -0.3 is 5.32 Å². The Balaban J connectivity index is 2.73. The third kappa shape index (κ3) is 4.23. The van der Waals surface area contributed by atoms with Gasteiger partial charge in [0.25, 0.3) is 0 Å². The lowest BCUT2D eigenvalue weighted by Crippen LogP contribution is -2.13. The fourth-order valence-corrected chi connectivity index (χ4v) is 1.82. The van der Waals surface area contributed by atoms with Gasteiger partial charge in [0, 0.05) is 11.6 Å². The van der Waals surface area contributed by atoms with E-state index in [1.165, 1.54) is 24.0 Å². The summed E-state index contributed by atoms with van der Waals surface area (Å²) >= 11 is 6.01. The van der Waals surface area contributed by atoms with Crippen LogP contribution in [0, 0.1) is 0 Å². The molecule has 0 saturated carbocycles. The van der Waals surface area contributed by atoms with Gasteiger partial charge >= 0.3 is 0 Å². The van der Waals surface area contributed by atoms with Crippen LogP contribution in [0.5, 0.6) is 0 Å². The highest BCUT2D eigenvalue weighted by Crippen LogP contribution is 2.18. The summed E-state index contributed by atoms with van der Waals surface area (Å²) in [6, 6.07) is 6.21. The van der Waals surface area contributed by atoms with E-state index in [0.717, 1.165) is 24.5 Å². The molecule has 1 aromatic rings. The lowest BCUT2D eigenvalue weighted by atomic mass is 10.0. The largest absolute Gasteiger partial charge is 0.313 e. The SMILES string of the molecule is CCCCc1cc(Cl)ccc1CNCC. The summed E-state index contributed by atoms with van der Waals surface area (Å²) in [5.74, 6) is 0. The van der Waals surface area contributed by atoms with Gasteiger partial charge in [-0.2, -0.15) is 0 Å². The first-order valence-electron chi connectivity index (χ1n) is 5.76. The number of unbranched alkanes of at least 4 members (excludes halogenated alkanes) is 1. The van der Waals surface area contributed by atoms with Crippen molar-refractivity contribution in [2.24, 2.45) is 0 Å². The molecule has 84 valence electrons. The van der Waals surface area contributed by atoms with Crippen molar-refractivity contribution in [2.45, 2.75) is 39.7 Å². The van der Waals surface area contributed by atoms with Crippen LogP contribution in [0.1, 0.15) is 37.8 Å². The molecule has 0 heterocycles. The predicted octanol–water partition coefficient (Wildman–Crippen LogP) is 3.79. The number of rotatable bonds is 6. The van der Waals surface area contributed by atoms with Crippen molar-refractivity contribution in [3.05, 3.63) is 34.3 Å². The number of nitrogens with one attached hydrogen (secondary N) is 1. The lowest BCUT2D eigenvalue weighted by molar-refractivity contribution is 0.710. The minimum absolute atomic E-state index is 0.848. The molecule has 0 aliphatic carbocycles. The first kappa shape index (κ1) is 12.5. The molecular formula is C13H20ClN. The molecule has 15 heavy (non-hydrogen) atoms. The number of aryl methyl sites for hydroxylation is 1. The van der Waals surface area contributed by atoms with Gasteiger partial charge in [0.2, 0.25) is 0 Å². The molecule has 0 aliphatic heterocycles. The Bertz CT molecular complexity index is 297. The van der Waals surface area contributed by atoms with Crippen molar-refractivity contribution in [3.63, 3.8) is 0 Å². The third-order valence-corrected chi connectivity index (χ3v) is 2.77. The van der Waals surface area contributed by atoms with Gasteiger partial charge in [-0.1, -0.05) is 37.9 Å². The molecule has 0 atom stereocenters. The summed E-state index contributed by atoms with van der Waals surface area (Å²) in [6.07, 6.45) is 3.60. The summed E-state index contributed by atoms with van der Waals surface area (Å²) in [6.45, 7) is 6.30. The van der Waals surface area contributed by atoms with Crippen LogP contribution in [0.2, 0.25) is 5.02 Å². The van der Waals surface area contributed by atoms with Gasteiger partial charge in [-0.05, 0) is 42.6 Å². The second-order valence-corrected chi connectivity index (χ2v) is 4.23. The van der Waals surface area contributed by atoms with Crippen LogP contribution < -0.4 is 5.32 Å². The van der Waals surface area contributed by atoms with Crippen LogP contribution in [0.15, 0.2) is 18.2 Å². The quantitative estimate of drug-likeness (QED) is 0.777. The smallest absolute Gasteiger partial charge is 0.0408 e. The number of hydrogen-bond acceptors (Lipinski definition) is 1. The molecule has 0 aromatic heterocycles. The molecule has 0 bridgehead atoms. The number of hydrogen-bond donors (Lipinski definition) is 1. The summed E-state index contributed by atoms with van der Waals surface area (Å²) < 4.78 is 0.